The molecule has 0 unspecified atom stereocenters. The number of ether oxygens (including phenoxy) is 1. The zero-order chi connectivity index (χ0) is 38.1. The Hall–Kier alpha value is -6.12. The number of anilines is 1. The lowest BCUT2D eigenvalue weighted by molar-refractivity contribution is -0.179. The van der Waals surface area contributed by atoms with E-state index in [1.807, 2.05) is 71.6 Å². The molecule has 4 aliphatic heterocycles. The van der Waals surface area contributed by atoms with Crippen molar-refractivity contribution < 1.29 is 29.0 Å². The van der Waals surface area contributed by atoms with Crippen molar-refractivity contribution in [1.82, 2.24) is 15.1 Å². The number of nitrogens with zero attached hydrogens (tertiary/aromatic N) is 2. The maximum Gasteiger partial charge on any atom is 0.324 e. The predicted molar refractivity (Wildman–Crippen MR) is 205 cm³/mol. The number of benzene rings is 4. The monoisotopic (exact) mass is 737 g/mol. The molecule has 4 aromatic rings. The second-order valence-corrected chi connectivity index (χ2v) is 14.7. The number of urea groups is 1. The maximum absolute atomic E-state index is 15.6. The molecule has 11 heteroatoms. The smallest absolute Gasteiger partial charge is 0.324 e. The largest absolute Gasteiger partial charge is 0.508 e. The number of esters is 1. The molecule has 280 valence electrons. The molecule has 1 spiro atoms. The van der Waals surface area contributed by atoms with Gasteiger partial charge in [0.2, 0.25) is 11.8 Å². The topological polar surface area (TPSA) is 154 Å². The fourth-order valence-electron chi connectivity index (χ4n) is 9.25. The van der Waals surface area contributed by atoms with Crippen LogP contribution in [0.2, 0.25) is 0 Å². The number of phenols is 1. The molecule has 3 fully saturated rings. The van der Waals surface area contributed by atoms with Crippen molar-refractivity contribution in [2.75, 3.05) is 25.0 Å². The minimum Gasteiger partial charge on any atom is -0.508 e. The number of primary amides is 1. The fourth-order valence-corrected chi connectivity index (χ4v) is 9.25. The van der Waals surface area contributed by atoms with Crippen molar-refractivity contribution >= 4 is 29.5 Å². The number of nitrogens with two attached hydrogens (primary N) is 1. The average molecular weight is 738 g/mol. The molecule has 4 aliphatic rings. The number of phenolic OH excluding ortho intramolecular Hbond substituents is 1. The number of hydrogen-bond donors (Lipinski definition) is 4. The lowest BCUT2D eigenvalue weighted by atomic mass is 9.65. The van der Waals surface area contributed by atoms with Gasteiger partial charge in [0.1, 0.15) is 23.3 Å². The number of fused-ring (bicyclic) bond motifs is 3. The lowest BCUT2D eigenvalue weighted by Crippen LogP contribution is -2.55. The molecule has 0 aliphatic carbocycles. The fraction of sp³-hybridized carbons (Fsp3) is 0.318. The first kappa shape index (κ1) is 35.9. The molecule has 0 radical (unpaired) electrons. The number of morpholine rings is 1. The van der Waals surface area contributed by atoms with Crippen molar-refractivity contribution in [2.45, 2.75) is 61.7 Å². The number of aromatic hydroxyl groups is 1. The highest BCUT2D eigenvalue weighted by Crippen LogP contribution is 2.65. The molecule has 5 N–H and O–H groups in total. The van der Waals surface area contributed by atoms with Crippen molar-refractivity contribution in [3.8, 4) is 17.6 Å². The molecular formula is C44H43N5O6. The Bertz CT molecular complexity index is 2160. The van der Waals surface area contributed by atoms with Crippen LogP contribution in [0.1, 0.15) is 78.1 Å². The van der Waals surface area contributed by atoms with Gasteiger partial charge in [-0.05, 0) is 65.4 Å². The van der Waals surface area contributed by atoms with Gasteiger partial charge in [-0.25, -0.2) is 4.79 Å². The van der Waals surface area contributed by atoms with E-state index >= 15 is 9.59 Å². The van der Waals surface area contributed by atoms with E-state index in [4.69, 9.17) is 10.5 Å². The molecule has 4 amide bonds. The van der Waals surface area contributed by atoms with Crippen LogP contribution in [-0.2, 0) is 24.5 Å². The summed E-state index contributed by atoms with van der Waals surface area (Å²) in [5.74, 6) is 3.58. The number of rotatable bonds is 5. The van der Waals surface area contributed by atoms with Crippen LogP contribution in [0.3, 0.4) is 0 Å². The molecule has 3 saturated heterocycles. The van der Waals surface area contributed by atoms with Gasteiger partial charge in [0.25, 0.3) is 0 Å². The Labute approximate surface area is 319 Å². The van der Waals surface area contributed by atoms with Crippen LogP contribution < -0.4 is 16.4 Å². The number of likely N-dealkylation sites (tertiary alicyclic amines) is 1. The first-order valence-electron chi connectivity index (χ1n) is 18.9. The SMILES string of the molecule is NC(=O)NCC#Cc1ccc2c(c1)[C@]1(C(=O)N2)[C@H](c2ccc(O)cc2)N2[C@H](c3ccccc3)[C@H](c3ccccc3)OC(=O)[C@H]2[C@@H]1C(=O)N1CCCCCCC1. The quantitative estimate of drug-likeness (QED) is 0.156. The normalized spacial score (nSPS) is 26.0. The van der Waals surface area contributed by atoms with Crippen LogP contribution in [0.15, 0.2) is 103 Å². The first-order chi connectivity index (χ1) is 26.8. The van der Waals surface area contributed by atoms with Crippen LogP contribution in [0, 0.1) is 17.8 Å². The van der Waals surface area contributed by atoms with Gasteiger partial charge in [0, 0.05) is 24.3 Å². The summed E-state index contributed by atoms with van der Waals surface area (Å²) in [5.41, 5.74) is 7.51. The van der Waals surface area contributed by atoms with Gasteiger partial charge in [-0.3, -0.25) is 19.3 Å². The van der Waals surface area contributed by atoms with E-state index in [0.717, 1.165) is 43.2 Å². The minimum atomic E-state index is -1.64. The highest BCUT2D eigenvalue weighted by atomic mass is 16.6. The third kappa shape index (κ3) is 6.36. The Kier molecular flexibility index (Phi) is 9.76. The van der Waals surface area contributed by atoms with E-state index < -0.39 is 53.5 Å². The van der Waals surface area contributed by atoms with Crippen molar-refractivity contribution in [2.24, 2.45) is 11.7 Å². The maximum atomic E-state index is 15.6. The van der Waals surface area contributed by atoms with E-state index in [1.54, 1.807) is 36.4 Å². The van der Waals surface area contributed by atoms with Crippen LogP contribution in [0.5, 0.6) is 5.75 Å². The zero-order valence-electron chi connectivity index (χ0n) is 30.3. The van der Waals surface area contributed by atoms with E-state index in [-0.39, 0.29) is 18.2 Å². The van der Waals surface area contributed by atoms with E-state index in [2.05, 4.69) is 27.4 Å². The number of amides is 4. The average Bonchev–Trinajstić information content (AvgIpc) is 3.65. The van der Waals surface area contributed by atoms with Crippen molar-refractivity contribution in [1.29, 1.82) is 0 Å². The Morgan fingerprint density at radius 3 is 2.16 bits per heavy atom. The zero-order valence-corrected chi connectivity index (χ0v) is 30.3. The molecular weight excluding hydrogens is 695 g/mol. The summed E-state index contributed by atoms with van der Waals surface area (Å²) in [6.07, 6.45) is 3.91. The molecule has 11 nitrogen and oxygen atoms in total. The van der Waals surface area contributed by atoms with Crippen LogP contribution >= 0.6 is 0 Å². The van der Waals surface area contributed by atoms with E-state index in [1.165, 1.54) is 0 Å². The molecule has 0 bridgehead atoms. The predicted octanol–water partition coefficient (Wildman–Crippen LogP) is 5.48. The number of hydrogen-bond acceptors (Lipinski definition) is 7. The molecule has 0 aromatic heterocycles. The highest BCUT2D eigenvalue weighted by molar-refractivity contribution is 6.12. The van der Waals surface area contributed by atoms with Gasteiger partial charge in [-0.15, -0.1) is 0 Å². The summed E-state index contributed by atoms with van der Waals surface area (Å²) in [6, 6.07) is 28.0. The van der Waals surface area contributed by atoms with Gasteiger partial charge >= 0.3 is 12.0 Å². The summed E-state index contributed by atoms with van der Waals surface area (Å²) in [5, 5.41) is 16.1. The third-order valence-corrected chi connectivity index (χ3v) is 11.5. The number of carbonyl (C=O) groups is 4. The van der Waals surface area contributed by atoms with Crippen LogP contribution in [-0.4, -0.2) is 64.4 Å². The second kappa shape index (κ2) is 15.0. The first-order valence-corrected chi connectivity index (χ1v) is 18.9. The standard InChI is InChI=1S/C44H43N5O6/c45-43(54)46-24-12-13-28-18-23-34-33(27-28)44(42(53)47-34)35(40(51)48-25-10-2-1-3-11-26-48)37-41(52)55-38(30-16-8-5-9-17-30)36(29-14-6-4-7-15-29)49(37)39(44)31-19-21-32(50)22-20-31/h4-9,14-23,27,35-39,50H,1-3,10-11,24-26H2,(H,47,53)(H3,45,46,54)/t35-,36-,37-,38+,39+,44-/m1/s1. The Morgan fingerprint density at radius 1 is 0.836 bits per heavy atom. The van der Waals surface area contributed by atoms with Gasteiger partial charge < -0.3 is 31.1 Å². The molecule has 55 heavy (non-hydrogen) atoms. The van der Waals surface area contributed by atoms with Crippen LogP contribution in [0.4, 0.5) is 10.5 Å². The summed E-state index contributed by atoms with van der Waals surface area (Å²) >= 11 is 0. The Morgan fingerprint density at radius 2 is 1.49 bits per heavy atom. The van der Waals surface area contributed by atoms with Gasteiger partial charge in [0.05, 0.1) is 24.5 Å². The molecule has 4 aromatic carbocycles. The summed E-state index contributed by atoms with van der Waals surface area (Å²) in [6.45, 7) is 1.04. The third-order valence-electron chi connectivity index (χ3n) is 11.5. The summed E-state index contributed by atoms with van der Waals surface area (Å²) in [4.78, 5) is 61.1. The van der Waals surface area contributed by atoms with Gasteiger partial charge in [-0.2, -0.15) is 0 Å². The van der Waals surface area contributed by atoms with Crippen molar-refractivity contribution in [3.05, 3.63) is 131 Å². The summed E-state index contributed by atoms with van der Waals surface area (Å²) < 4.78 is 6.51. The van der Waals surface area contributed by atoms with E-state index in [9.17, 15) is 14.7 Å². The molecule has 8 rings (SSSR count). The molecule has 6 atom stereocenters. The minimum absolute atomic E-state index is 0.0161. The van der Waals surface area contributed by atoms with E-state index in [0.29, 0.717) is 35.5 Å². The highest BCUT2D eigenvalue weighted by Gasteiger charge is 2.74. The summed E-state index contributed by atoms with van der Waals surface area (Å²) in [7, 11) is 0. The second-order valence-electron chi connectivity index (χ2n) is 14.7. The number of cyclic esters (lactones) is 1. The van der Waals surface area contributed by atoms with Crippen molar-refractivity contribution in [3.63, 3.8) is 0 Å². The molecule has 0 saturated carbocycles. The van der Waals surface area contributed by atoms with Gasteiger partial charge in [0.15, 0.2) is 0 Å². The number of nitrogens with one attached hydrogen (secondary N) is 2. The van der Waals surface area contributed by atoms with Crippen LogP contribution in [0.25, 0.3) is 0 Å². The lowest BCUT2D eigenvalue weighted by Gasteiger charge is -2.46. The van der Waals surface area contributed by atoms with Gasteiger partial charge in [-0.1, -0.05) is 104 Å². The number of carbonyl (C=O) groups excluding carboxylic acids is 4. The molecule has 4 heterocycles. The Balaban J connectivity index is 1.41.